The number of nitrogens with zero attached hydrogens (tertiary/aromatic N) is 6. The quantitative estimate of drug-likeness (QED) is 0.179. The average molecular weight is 753 g/mol. The van der Waals surface area contributed by atoms with E-state index in [1.165, 1.54) is 21.8 Å². The van der Waals surface area contributed by atoms with Crippen LogP contribution in [0.15, 0.2) is 174 Å². The van der Waals surface area contributed by atoms with Crippen LogP contribution >= 0.6 is 0 Å². The first-order valence-electron chi connectivity index (χ1n) is 19.6. The molecule has 7 nitrogen and oxygen atoms in total. The van der Waals surface area contributed by atoms with Gasteiger partial charge in [0, 0.05) is 59.8 Å². The Morgan fingerprint density at radius 2 is 0.983 bits per heavy atom. The zero-order valence-corrected chi connectivity index (χ0v) is 31.3. The van der Waals surface area contributed by atoms with Gasteiger partial charge in [-0.1, -0.05) is 133 Å². The van der Waals surface area contributed by atoms with Gasteiger partial charge in [0.05, 0.1) is 44.9 Å². The summed E-state index contributed by atoms with van der Waals surface area (Å²) >= 11 is 0. The fourth-order valence-corrected chi connectivity index (χ4v) is 9.50. The second kappa shape index (κ2) is 11.8. The van der Waals surface area contributed by atoms with Gasteiger partial charge < -0.3 is 13.4 Å². The summed E-state index contributed by atoms with van der Waals surface area (Å²) in [5.41, 5.74) is 10.4. The highest BCUT2D eigenvalue weighted by Crippen LogP contribution is 2.49. The van der Waals surface area contributed by atoms with E-state index in [-0.39, 0.29) is 0 Å². The Balaban J connectivity index is 1.21. The molecular formula is C52H28N6O. The Labute approximate surface area is 335 Å². The maximum atomic E-state index is 11.3. The molecule has 59 heavy (non-hydrogen) atoms. The van der Waals surface area contributed by atoms with E-state index in [1.807, 2.05) is 84.9 Å². The van der Waals surface area contributed by atoms with Crippen molar-refractivity contribution in [2.45, 2.75) is 0 Å². The van der Waals surface area contributed by atoms with Crippen molar-refractivity contribution in [2.24, 2.45) is 0 Å². The van der Waals surface area contributed by atoms with Gasteiger partial charge in [-0.05, 0) is 36.4 Å². The molecule has 7 heteroatoms. The van der Waals surface area contributed by atoms with Crippen LogP contribution in [0.3, 0.4) is 0 Å². The van der Waals surface area contributed by atoms with E-state index < -0.39 is 0 Å². The summed E-state index contributed by atoms with van der Waals surface area (Å²) in [7, 11) is 0. The molecule has 0 saturated carbocycles. The van der Waals surface area contributed by atoms with E-state index in [9.17, 15) is 5.26 Å². The minimum Gasteiger partial charge on any atom is -0.454 e. The first-order valence-corrected chi connectivity index (χ1v) is 19.6. The molecule has 5 heterocycles. The number of furan rings is 1. The number of fused-ring (bicyclic) bond motifs is 13. The predicted octanol–water partition coefficient (Wildman–Crippen LogP) is 12.9. The van der Waals surface area contributed by atoms with Crippen LogP contribution in [-0.2, 0) is 0 Å². The topological polar surface area (TPSA) is 84.9 Å². The number of hydrogen-bond donors (Lipinski definition) is 0. The number of rotatable bonds is 4. The Kier molecular flexibility index (Phi) is 6.38. The summed E-state index contributed by atoms with van der Waals surface area (Å²) in [6, 6.07) is 60.6. The van der Waals surface area contributed by atoms with Gasteiger partial charge in [-0.25, -0.2) is 15.0 Å². The number of para-hydroxylation sites is 4. The van der Waals surface area contributed by atoms with Crippen LogP contribution in [0.5, 0.6) is 0 Å². The maximum absolute atomic E-state index is 11.3. The maximum Gasteiger partial charge on any atom is 0.166 e. The van der Waals surface area contributed by atoms with Crippen molar-refractivity contribution >= 4 is 81.8 Å². The third-order valence-electron chi connectivity index (χ3n) is 11.9. The van der Waals surface area contributed by atoms with Crippen LogP contribution in [0.1, 0.15) is 5.56 Å². The van der Waals surface area contributed by atoms with Crippen molar-refractivity contribution in [1.82, 2.24) is 23.9 Å². The second-order valence-corrected chi connectivity index (χ2v) is 15.0. The van der Waals surface area contributed by atoms with E-state index >= 15 is 0 Å². The molecule has 13 rings (SSSR count). The molecule has 0 aliphatic heterocycles. The molecule has 0 unspecified atom stereocenters. The Hall–Kier alpha value is -8.34. The third kappa shape index (κ3) is 4.32. The van der Waals surface area contributed by atoms with Crippen LogP contribution in [-0.4, -0.2) is 23.9 Å². The van der Waals surface area contributed by atoms with Crippen molar-refractivity contribution in [3.05, 3.63) is 175 Å². The zero-order chi connectivity index (χ0) is 38.8. The van der Waals surface area contributed by atoms with Crippen molar-refractivity contribution in [1.29, 1.82) is 5.26 Å². The minimum absolute atomic E-state index is 0.401. The molecule has 13 aromatic rings. The molecule has 0 amide bonds. The first-order chi connectivity index (χ1) is 29.2. The molecule has 0 atom stereocenters. The van der Waals surface area contributed by atoms with Gasteiger partial charge in [0.1, 0.15) is 5.58 Å². The first kappa shape index (κ1) is 31.8. The van der Waals surface area contributed by atoms with Crippen molar-refractivity contribution in [2.75, 3.05) is 0 Å². The van der Waals surface area contributed by atoms with Crippen LogP contribution in [0, 0.1) is 11.3 Å². The molecule has 0 N–H and O–H groups in total. The fraction of sp³-hybridized carbons (Fsp3) is 0. The number of aromatic nitrogens is 5. The average Bonchev–Trinajstić information content (AvgIpc) is 4.05. The van der Waals surface area contributed by atoms with Crippen LogP contribution in [0.2, 0.25) is 0 Å². The Morgan fingerprint density at radius 3 is 1.66 bits per heavy atom. The fourth-order valence-electron chi connectivity index (χ4n) is 9.50. The van der Waals surface area contributed by atoms with Crippen LogP contribution in [0.25, 0.3) is 122 Å². The number of hydrogen-bond acceptors (Lipinski definition) is 5. The van der Waals surface area contributed by atoms with Crippen LogP contribution < -0.4 is 0 Å². The largest absolute Gasteiger partial charge is 0.454 e. The lowest BCUT2D eigenvalue weighted by Crippen LogP contribution is -2.03. The van der Waals surface area contributed by atoms with E-state index in [4.69, 9.17) is 19.4 Å². The summed E-state index contributed by atoms with van der Waals surface area (Å²) < 4.78 is 11.7. The molecule has 5 aromatic heterocycles. The van der Waals surface area contributed by atoms with E-state index in [0.717, 1.165) is 65.7 Å². The number of benzene rings is 8. The molecule has 0 fully saturated rings. The molecule has 0 bridgehead atoms. The van der Waals surface area contributed by atoms with Crippen molar-refractivity contribution < 1.29 is 4.42 Å². The van der Waals surface area contributed by atoms with Gasteiger partial charge >= 0.3 is 0 Å². The second-order valence-electron chi connectivity index (χ2n) is 15.0. The van der Waals surface area contributed by atoms with Crippen molar-refractivity contribution in [3.63, 3.8) is 0 Å². The highest BCUT2D eigenvalue weighted by Gasteiger charge is 2.29. The molecule has 0 aliphatic carbocycles. The monoisotopic (exact) mass is 752 g/mol. The van der Waals surface area contributed by atoms with Crippen LogP contribution in [0.4, 0.5) is 0 Å². The van der Waals surface area contributed by atoms with Gasteiger partial charge in [-0.15, -0.1) is 0 Å². The Morgan fingerprint density at radius 1 is 0.458 bits per heavy atom. The number of nitriles is 1. The summed E-state index contributed by atoms with van der Waals surface area (Å²) in [5, 5.41) is 19.9. The summed E-state index contributed by atoms with van der Waals surface area (Å²) in [5.74, 6) is 1.44. The summed E-state index contributed by atoms with van der Waals surface area (Å²) in [4.78, 5) is 15.2. The zero-order valence-electron chi connectivity index (χ0n) is 31.3. The Bertz CT molecular complexity index is 3850. The lowest BCUT2D eigenvalue weighted by Gasteiger charge is -2.14. The van der Waals surface area contributed by atoms with Crippen molar-refractivity contribution in [3.8, 4) is 45.9 Å². The lowest BCUT2D eigenvalue weighted by atomic mass is 9.98. The third-order valence-corrected chi connectivity index (χ3v) is 11.9. The van der Waals surface area contributed by atoms with E-state index in [2.05, 4.69) is 100.0 Å². The predicted molar refractivity (Wildman–Crippen MR) is 237 cm³/mol. The molecule has 0 aliphatic rings. The SMILES string of the molecule is N#Cc1cc(-n2c3ccccc3c3cc4c5ccccc5n5c6ccccc6c(c32)c45)c2oc3ccccc3c2c1-c1nc(-c2ccccc2)nc(-c2ccccc2)n1. The highest BCUT2D eigenvalue weighted by molar-refractivity contribution is 6.34. The highest BCUT2D eigenvalue weighted by atomic mass is 16.3. The van der Waals surface area contributed by atoms with Gasteiger partial charge in [0.15, 0.2) is 23.1 Å². The van der Waals surface area contributed by atoms with Gasteiger partial charge in [0.2, 0.25) is 0 Å². The molecule has 8 aromatic carbocycles. The summed E-state index contributed by atoms with van der Waals surface area (Å²) in [6.45, 7) is 0. The lowest BCUT2D eigenvalue weighted by molar-refractivity contribution is 0.666. The normalized spacial score (nSPS) is 12.1. The molecule has 0 spiro atoms. The van der Waals surface area contributed by atoms with E-state index in [0.29, 0.717) is 39.8 Å². The van der Waals surface area contributed by atoms with Gasteiger partial charge in [-0.2, -0.15) is 5.26 Å². The van der Waals surface area contributed by atoms with Gasteiger partial charge in [-0.3, -0.25) is 0 Å². The standard InChI is InChI=1S/C52H28N6O/c53-29-32-27-42(58-40-24-12-8-20-34(40)38-28-37-33-19-7-11-23-39(33)57-41-25-13-9-21-35(41)46(47(37)57)48(38)58)49-45(36-22-10-14-26-43(36)59-49)44(32)52-55-50(30-15-3-1-4-16-30)54-51(56-52)31-17-5-2-6-18-31/h1-28H. The molecule has 272 valence electrons. The molecule has 0 radical (unpaired) electrons. The molecule has 0 saturated heterocycles. The smallest absolute Gasteiger partial charge is 0.166 e. The summed E-state index contributed by atoms with van der Waals surface area (Å²) in [6.07, 6.45) is 0. The van der Waals surface area contributed by atoms with E-state index in [1.54, 1.807) is 0 Å². The molecular weight excluding hydrogens is 725 g/mol. The van der Waals surface area contributed by atoms with Gasteiger partial charge in [0.25, 0.3) is 0 Å². The minimum atomic E-state index is 0.401.